The van der Waals surface area contributed by atoms with E-state index in [-0.39, 0.29) is 0 Å². The van der Waals surface area contributed by atoms with E-state index in [1.165, 1.54) is 62.0 Å². The molecule has 0 amide bonds. The summed E-state index contributed by atoms with van der Waals surface area (Å²) in [5.74, 6) is 1.64. The number of hydrogen-bond acceptors (Lipinski definition) is 2. The van der Waals surface area contributed by atoms with E-state index in [2.05, 4.69) is 45.7 Å². The summed E-state index contributed by atoms with van der Waals surface area (Å²) in [4.78, 5) is 6.09. The summed E-state index contributed by atoms with van der Waals surface area (Å²) in [6.45, 7) is 6.28. The van der Waals surface area contributed by atoms with Gasteiger partial charge in [0.05, 0.1) is 0 Å². The van der Waals surface area contributed by atoms with Crippen LogP contribution < -0.4 is 5.32 Å². The van der Waals surface area contributed by atoms with Crippen LogP contribution in [0.3, 0.4) is 0 Å². The number of H-pyrrole nitrogens is 1. The van der Waals surface area contributed by atoms with Crippen LogP contribution in [-0.2, 0) is 0 Å². The number of likely N-dealkylation sites (tertiary alicyclic amines) is 1. The molecule has 0 atom stereocenters. The first-order valence-electron chi connectivity index (χ1n) is 7.89. The Kier molecular flexibility index (Phi) is 3.25. The summed E-state index contributed by atoms with van der Waals surface area (Å²) >= 11 is 0. The fraction of sp³-hybridized carbons (Fsp3) is 0.529. The first-order chi connectivity index (χ1) is 9.90. The molecule has 0 saturated carbocycles. The van der Waals surface area contributed by atoms with Crippen LogP contribution >= 0.6 is 0 Å². The summed E-state index contributed by atoms with van der Waals surface area (Å²) in [5, 5.41) is 4.80. The summed E-state index contributed by atoms with van der Waals surface area (Å²) in [6, 6.07) is 8.70. The minimum absolute atomic E-state index is 0.738. The zero-order valence-corrected chi connectivity index (χ0v) is 11.9. The molecule has 1 aromatic carbocycles. The standard InChI is InChI=1S/C17H23N3/c1-2-4-17-15(3-1)16(11-19-17)14-5-7-20(8-6-14)12-13-9-18-10-13/h1-4,11,13-14,18-19H,5-10,12H2. The van der Waals surface area contributed by atoms with E-state index < -0.39 is 0 Å². The molecule has 2 fully saturated rings. The Morgan fingerprint density at radius 3 is 2.65 bits per heavy atom. The molecule has 1 aromatic heterocycles. The van der Waals surface area contributed by atoms with E-state index in [0.29, 0.717) is 0 Å². The van der Waals surface area contributed by atoms with Crippen molar-refractivity contribution in [3.05, 3.63) is 36.0 Å². The largest absolute Gasteiger partial charge is 0.361 e. The molecular weight excluding hydrogens is 246 g/mol. The minimum atomic E-state index is 0.738. The van der Waals surface area contributed by atoms with Crippen molar-refractivity contribution in [2.45, 2.75) is 18.8 Å². The van der Waals surface area contributed by atoms with Crippen molar-refractivity contribution >= 4 is 10.9 Å². The molecule has 3 nitrogen and oxygen atoms in total. The second kappa shape index (κ2) is 5.23. The van der Waals surface area contributed by atoms with Gasteiger partial charge < -0.3 is 15.2 Å². The molecule has 106 valence electrons. The van der Waals surface area contributed by atoms with Crippen LogP contribution in [0.5, 0.6) is 0 Å². The third-order valence-electron chi connectivity index (χ3n) is 5.03. The number of aromatic nitrogens is 1. The second-order valence-electron chi connectivity index (χ2n) is 6.39. The molecule has 2 saturated heterocycles. The highest BCUT2D eigenvalue weighted by molar-refractivity contribution is 5.83. The molecule has 2 N–H and O–H groups in total. The van der Waals surface area contributed by atoms with Crippen LogP contribution in [0, 0.1) is 5.92 Å². The van der Waals surface area contributed by atoms with E-state index in [1.54, 1.807) is 0 Å². The Morgan fingerprint density at radius 1 is 1.10 bits per heavy atom. The molecule has 2 aromatic rings. The molecular formula is C17H23N3. The van der Waals surface area contributed by atoms with Crippen molar-refractivity contribution < 1.29 is 0 Å². The van der Waals surface area contributed by atoms with Gasteiger partial charge in [-0.1, -0.05) is 18.2 Å². The zero-order chi connectivity index (χ0) is 13.4. The van der Waals surface area contributed by atoms with E-state index in [1.807, 2.05) is 0 Å². The molecule has 0 unspecified atom stereocenters. The quantitative estimate of drug-likeness (QED) is 0.897. The van der Waals surface area contributed by atoms with Crippen LogP contribution in [0.2, 0.25) is 0 Å². The lowest BCUT2D eigenvalue weighted by atomic mass is 9.88. The van der Waals surface area contributed by atoms with Gasteiger partial charge in [-0.25, -0.2) is 0 Å². The van der Waals surface area contributed by atoms with E-state index in [9.17, 15) is 0 Å². The van der Waals surface area contributed by atoms with E-state index >= 15 is 0 Å². The Labute approximate surface area is 120 Å². The number of nitrogens with zero attached hydrogens (tertiary/aromatic N) is 1. The van der Waals surface area contributed by atoms with Crippen molar-refractivity contribution in [3.63, 3.8) is 0 Å². The second-order valence-corrected chi connectivity index (χ2v) is 6.39. The smallest absolute Gasteiger partial charge is 0.0456 e. The zero-order valence-electron chi connectivity index (χ0n) is 11.9. The summed E-state index contributed by atoms with van der Waals surface area (Å²) in [6.07, 6.45) is 4.85. The van der Waals surface area contributed by atoms with Crippen molar-refractivity contribution in [1.82, 2.24) is 15.2 Å². The number of fused-ring (bicyclic) bond motifs is 1. The lowest BCUT2D eigenvalue weighted by Gasteiger charge is -2.37. The average Bonchev–Trinajstić information content (AvgIpc) is 2.88. The first-order valence-corrected chi connectivity index (χ1v) is 7.89. The van der Waals surface area contributed by atoms with Crippen molar-refractivity contribution in [2.24, 2.45) is 5.92 Å². The molecule has 4 rings (SSSR count). The summed E-state index contributed by atoms with van der Waals surface area (Å²) < 4.78 is 0. The molecule has 0 aliphatic carbocycles. The SMILES string of the molecule is c1ccc2c(C3CCN(CC4CNC4)CC3)c[nH]c2c1. The number of nitrogens with one attached hydrogen (secondary N) is 2. The van der Waals surface area contributed by atoms with Gasteiger partial charge in [0, 0.05) is 36.7 Å². The fourth-order valence-corrected chi connectivity index (χ4v) is 3.70. The highest BCUT2D eigenvalue weighted by Gasteiger charge is 2.26. The monoisotopic (exact) mass is 269 g/mol. The maximum Gasteiger partial charge on any atom is 0.0456 e. The highest BCUT2D eigenvalue weighted by Crippen LogP contribution is 2.33. The van der Waals surface area contributed by atoms with Gasteiger partial charge in [-0.3, -0.25) is 0 Å². The van der Waals surface area contributed by atoms with Gasteiger partial charge in [0.25, 0.3) is 0 Å². The average molecular weight is 269 g/mol. The minimum Gasteiger partial charge on any atom is -0.361 e. The molecule has 2 aliphatic rings. The Balaban J connectivity index is 1.43. The fourth-order valence-electron chi connectivity index (χ4n) is 3.70. The van der Waals surface area contributed by atoms with Gasteiger partial charge in [-0.05, 0) is 49.4 Å². The van der Waals surface area contributed by atoms with Crippen LogP contribution in [-0.4, -0.2) is 42.6 Å². The predicted molar refractivity (Wildman–Crippen MR) is 83.1 cm³/mol. The molecule has 2 aliphatic heterocycles. The molecule has 3 heteroatoms. The van der Waals surface area contributed by atoms with Gasteiger partial charge in [0.1, 0.15) is 0 Å². The number of rotatable bonds is 3. The molecule has 0 spiro atoms. The van der Waals surface area contributed by atoms with Crippen molar-refractivity contribution in [3.8, 4) is 0 Å². The summed E-state index contributed by atoms with van der Waals surface area (Å²) in [5.41, 5.74) is 2.82. The Morgan fingerprint density at radius 2 is 1.90 bits per heavy atom. The van der Waals surface area contributed by atoms with E-state index in [4.69, 9.17) is 0 Å². The van der Waals surface area contributed by atoms with Crippen molar-refractivity contribution in [1.29, 1.82) is 0 Å². The van der Waals surface area contributed by atoms with Crippen LogP contribution in [0.15, 0.2) is 30.5 Å². The van der Waals surface area contributed by atoms with E-state index in [0.717, 1.165) is 11.8 Å². The van der Waals surface area contributed by atoms with Gasteiger partial charge in [0.2, 0.25) is 0 Å². The topological polar surface area (TPSA) is 31.1 Å². The number of aromatic amines is 1. The van der Waals surface area contributed by atoms with Gasteiger partial charge in [-0.2, -0.15) is 0 Å². The third kappa shape index (κ3) is 2.25. The maximum atomic E-state index is 3.43. The van der Waals surface area contributed by atoms with Gasteiger partial charge in [0.15, 0.2) is 0 Å². The molecule has 0 bridgehead atoms. The highest BCUT2D eigenvalue weighted by atomic mass is 15.1. The van der Waals surface area contributed by atoms with Gasteiger partial charge >= 0.3 is 0 Å². The van der Waals surface area contributed by atoms with Crippen LogP contribution in [0.4, 0.5) is 0 Å². The number of benzene rings is 1. The van der Waals surface area contributed by atoms with Crippen LogP contribution in [0.25, 0.3) is 10.9 Å². The maximum absolute atomic E-state index is 3.43. The predicted octanol–water partition coefficient (Wildman–Crippen LogP) is 2.57. The first kappa shape index (κ1) is 12.4. The molecule has 20 heavy (non-hydrogen) atoms. The van der Waals surface area contributed by atoms with Crippen molar-refractivity contribution in [2.75, 3.05) is 32.7 Å². The Bertz CT molecular complexity index is 577. The number of hydrogen-bond donors (Lipinski definition) is 2. The normalized spacial score (nSPS) is 22.2. The molecule has 0 radical (unpaired) electrons. The third-order valence-corrected chi connectivity index (χ3v) is 5.03. The number of para-hydroxylation sites is 1. The molecule has 3 heterocycles. The van der Waals surface area contributed by atoms with Crippen LogP contribution in [0.1, 0.15) is 24.3 Å². The lowest BCUT2D eigenvalue weighted by molar-refractivity contribution is 0.158. The van der Waals surface area contributed by atoms with Gasteiger partial charge in [-0.15, -0.1) is 0 Å². The Hall–Kier alpha value is -1.32. The lowest BCUT2D eigenvalue weighted by Crippen LogP contribution is -2.49. The summed E-state index contributed by atoms with van der Waals surface area (Å²) in [7, 11) is 0. The number of piperidine rings is 1.